The maximum Gasteiger partial charge on any atom is 0.337 e. The van der Waals surface area contributed by atoms with Gasteiger partial charge in [-0.25, -0.2) is 9.48 Å². The van der Waals surface area contributed by atoms with Crippen molar-refractivity contribution in [1.29, 1.82) is 0 Å². The monoisotopic (exact) mass is 237 g/mol. The number of carboxylic acid groups (broad SMARTS) is 1. The molecule has 6 heteroatoms. The first-order valence-corrected chi connectivity index (χ1v) is 4.79. The molecule has 2 rings (SSSR count). The first-order valence-electron chi connectivity index (χ1n) is 4.41. The second-order valence-electron chi connectivity index (χ2n) is 3.18. The first kappa shape index (κ1) is 10.5. The minimum atomic E-state index is -1.07. The maximum atomic E-state index is 10.9. The van der Waals surface area contributed by atoms with Gasteiger partial charge in [-0.15, -0.1) is 0 Å². The Balaban J connectivity index is 2.51. The summed E-state index contributed by atoms with van der Waals surface area (Å²) in [5.74, 6) is -1.07. The van der Waals surface area contributed by atoms with Crippen molar-refractivity contribution in [2.75, 3.05) is 5.73 Å². The number of nitrogen functional groups attached to an aromatic ring is 1. The molecule has 3 N–H and O–H groups in total. The molecule has 0 bridgehead atoms. The molecule has 0 atom stereocenters. The van der Waals surface area contributed by atoms with E-state index in [1.54, 1.807) is 12.3 Å². The van der Waals surface area contributed by atoms with Gasteiger partial charge in [-0.1, -0.05) is 11.6 Å². The molecule has 16 heavy (non-hydrogen) atoms. The molecule has 0 amide bonds. The number of nitrogens with zero attached hydrogens (tertiary/aromatic N) is 2. The highest BCUT2D eigenvalue weighted by Gasteiger charge is 2.09. The van der Waals surface area contributed by atoms with Crippen molar-refractivity contribution in [2.24, 2.45) is 0 Å². The lowest BCUT2D eigenvalue weighted by Gasteiger charge is -2.05. The summed E-state index contributed by atoms with van der Waals surface area (Å²) in [6, 6.07) is 4.64. The minimum absolute atomic E-state index is 0.0455. The standard InChI is InChI=1S/C10H8ClN3O2/c11-6-4-13-14(5-6)7-1-2-9(12)8(3-7)10(15)16/h1-5H,12H2,(H,15,16). The zero-order valence-corrected chi connectivity index (χ0v) is 8.85. The molecule has 0 unspecified atom stereocenters. The molecule has 0 fully saturated rings. The van der Waals surface area contributed by atoms with Gasteiger partial charge in [-0.2, -0.15) is 5.10 Å². The molecule has 0 spiro atoms. The summed E-state index contributed by atoms with van der Waals surface area (Å²) in [5, 5.41) is 13.4. The van der Waals surface area contributed by atoms with Gasteiger partial charge in [0.2, 0.25) is 0 Å². The van der Waals surface area contributed by atoms with Crippen molar-refractivity contribution in [3.05, 3.63) is 41.2 Å². The molecule has 82 valence electrons. The van der Waals surface area contributed by atoms with Crippen LogP contribution in [0, 0.1) is 0 Å². The van der Waals surface area contributed by atoms with Crippen molar-refractivity contribution in [3.8, 4) is 5.69 Å². The largest absolute Gasteiger partial charge is 0.478 e. The average Bonchev–Trinajstić information content (AvgIpc) is 2.65. The fourth-order valence-corrected chi connectivity index (χ4v) is 1.45. The third-order valence-corrected chi connectivity index (χ3v) is 2.28. The molecule has 5 nitrogen and oxygen atoms in total. The molecule has 1 heterocycles. The predicted octanol–water partition coefficient (Wildman–Crippen LogP) is 1.81. The molecule has 0 aliphatic rings. The van der Waals surface area contributed by atoms with E-state index in [9.17, 15) is 4.79 Å². The lowest BCUT2D eigenvalue weighted by molar-refractivity contribution is 0.0698. The van der Waals surface area contributed by atoms with E-state index >= 15 is 0 Å². The Kier molecular flexibility index (Phi) is 2.54. The summed E-state index contributed by atoms with van der Waals surface area (Å²) < 4.78 is 1.48. The van der Waals surface area contributed by atoms with E-state index in [4.69, 9.17) is 22.4 Å². The number of nitrogens with two attached hydrogens (primary N) is 1. The number of hydrogen-bond donors (Lipinski definition) is 2. The van der Waals surface area contributed by atoms with E-state index in [0.29, 0.717) is 10.7 Å². The van der Waals surface area contributed by atoms with E-state index in [0.717, 1.165) is 0 Å². The maximum absolute atomic E-state index is 10.9. The van der Waals surface area contributed by atoms with Crippen LogP contribution in [-0.2, 0) is 0 Å². The summed E-state index contributed by atoms with van der Waals surface area (Å²) in [4.78, 5) is 10.9. The van der Waals surface area contributed by atoms with Gasteiger partial charge in [-0.05, 0) is 18.2 Å². The Labute approximate surface area is 96.1 Å². The Morgan fingerprint density at radius 2 is 2.25 bits per heavy atom. The van der Waals surface area contributed by atoms with Crippen molar-refractivity contribution in [2.45, 2.75) is 0 Å². The average molecular weight is 238 g/mol. The first-order chi connectivity index (χ1) is 7.58. The number of carbonyl (C=O) groups is 1. The SMILES string of the molecule is Nc1ccc(-n2cc(Cl)cn2)cc1C(=O)O. The van der Waals surface area contributed by atoms with Crippen molar-refractivity contribution in [1.82, 2.24) is 9.78 Å². The van der Waals surface area contributed by atoms with E-state index in [-0.39, 0.29) is 11.3 Å². The highest BCUT2D eigenvalue weighted by Crippen LogP contribution is 2.18. The van der Waals surface area contributed by atoms with Crippen LogP contribution in [0.1, 0.15) is 10.4 Å². The summed E-state index contributed by atoms with van der Waals surface area (Å²) >= 11 is 5.72. The Bertz CT molecular complexity index is 551. The fraction of sp³-hybridized carbons (Fsp3) is 0. The fourth-order valence-electron chi connectivity index (χ4n) is 1.31. The zero-order valence-electron chi connectivity index (χ0n) is 8.09. The third kappa shape index (κ3) is 1.85. The lowest BCUT2D eigenvalue weighted by Crippen LogP contribution is -2.04. The van der Waals surface area contributed by atoms with E-state index in [1.807, 2.05) is 0 Å². The van der Waals surface area contributed by atoms with Crippen LogP contribution in [0.5, 0.6) is 0 Å². The van der Waals surface area contributed by atoms with Gasteiger partial charge in [0.15, 0.2) is 0 Å². The summed E-state index contributed by atoms with van der Waals surface area (Å²) in [7, 11) is 0. The van der Waals surface area contributed by atoms with Gasteiger partial charge < -0.3 is 10.8 Å². The van der Waals surface area contributed by atoms with Gasteiger partial charge in [-0.3, -0.25) is 0 Å². The second-order valence-corrected chi connectivity index (χ2v) is 3.62. The van der Waals surface area contributed by atoms with Crippen LogP contribution in [-0.4, -0.2) is 20.9 Å². The number of aromatic carboxylic acids is 1. The van der Waals surface area contributed by atoms with Crippen molar-refractivity contribution in [3.63, 3.8) is 0 Å². The predicted molar refractivity (Wildman–Crippen MR) is 59.9 cm³/mol. The van der Waals surface area contributed by atoms with E-state index in [1.165, 1.54) is 23.0 Å². The van der Waals surface area contributed by atoms with Crippen LogP contribution in [0.3, 0.4) is 0 Å². The lowest BCUT2D eigenvalue weighted by atomic mass is 10.1. The van der Waals surface area contributed by atoms with Gasteiger partial charge in [0, 0.05) is 11.9 Å². The van der Waals surface area contributed by atoms with E-state index < -0.39 is 5.97 Å². The molecule has 0 saturated carbocycles. The summed E-state index contributed by atoms with van der Waals surface area (Å²) in [6.45, 7) is 0. The summed E-state index contributed by atoms with van der Waals surface area (Å²) in [6.07, 6.45) is 3.05. The normalized spacial score (nSPS) is 10.3. The molecule has 1 aromatic carbocycles. The zero-order chi connectivity index (χ0) is 11.7. The van der Waals surface area contributed by atoms with E-state index in [2.05, 4.69) is 5.10 Å². The number of anilines is 1. The van der Waals surface area contributed by atoms with Crippen LogP contribution >= 0.6 is 11.6 Å². The Hall–Kier alpha value is -2.01. The number of rotatable bonds is 2. The quantitative estimate of drug-likeness (QED) is 0.781. The molecular formula is C10H8ClN3O2. The number of carboxylic acids is 1. The molecular weight excluding hydrogens is 230 g/mol. The highest BCUT2D eigenvalue weighted by atomic mass is 35.5. The number of aromatic nitrogens is 2. The number of hydrogen-bond acceptors (Lipinski definition) is 3. The Morgan fingerprint density at radius 1 is 1.50 bits per heavy atom. The van der Waals surface area contributed by atoms with Crippen LogP contribution in [0.2, 0.25) is 5.02 Å². The molecule has 0 radical (unpaired) electrons. The number of halogens is 1. The van der Waals surface area contributed by atoms with Gasteiger partial charge >= 0.3 is 5.97 Å². The molecule has 1 aromatic heterocycles. The molecule has 0 aliphatic heterocycles. The second kappa shape index (κ2) is 3.86. The van der Waals surface area contributed by atoms with Crippen LogP contribution in [0.4, 0.5) is 5.69 Å². The van der Waals surface area contributed by atoms with Crippen LogP contribution < -0.4 is 5.73 Å². The van der Waals surface area contributed by atoms with Crippen LogP contribution in [0.15, 0.2) is 30.6 Å². The molecule has 0 aliphatic carbocycles. The van der Waals surface area contributed by atoms with Gasteiger partial charge in [0.05, 0.1) is 22.5 Å². The van der Waals surface area contributed by atoms with Crippen LogP contribution in [0.25, 0.3) is 5.69 Å². The van der Waals surface area contributed by atoms with Gasteiger partial charge in [0.1, 0.15) is 0 Å². The van der Waals surface area contributed by atoms with Crippen molar-refractivity contribution >= 4 is 23.3 Å². The Morgan fingerprint density at radius 3 is 2.81 bits per heavy atom. The summed E-state index contributed by atoms with van der Waals surface area (Å²) in [5.41, 5.74) is 6.40. The van der Waals surface area contributed by atoms with Crippen molar-refractivity contribution < 1.29 is 9.90 Å². The topological polar surface area (TPSA) is 81.1 Å². The smallest absolute Gasteiger partial charge is 0.337 e. The third-order valence-electron chi connectivity index (χ3n) is 2.08. The number of benzene rings is 1. The molecule has 2 aromatic rings. The van der Waals surface area contributed by atoms with Gasteiger partial charge in [0.25, 0.3) is 0 Å². The highest BCUT2D eigenvalue weighted by molar-refractivity contribution is 6.30. The molecule has 0 saturated heterocycles. The minimum Gasteiger partial charge on any atom is -0.478 e.